The fourth-order valence-electron chi connectivity index (χ4n) is 1.52. The van der Waals surface area contributed by atoms with E-state index < -0.39 is 6.10 Å². The second-order valence-corrected chi connectivity index (χ2v) is 5.26. The molecule has 5 nitrogen and oxygen atoms in total. The van der Waals surface area contributed by atoms with Gasteiger partial charge in [0.1, 0.15) is 0 Å². The first kappa shape index (κ1) is 13.6. The molecule has 94 valence electrons. The first-order chi connectivity index (χ1) is 7.88. The van der Waals surface area contributed by atoms with Gasteiger partial charge < -0.3 is 10.4 Å². The zero-order valence-electron chi connectivity index (χ0n) is 10.5. The number of hydrogen-bond acceptors (Lipinski definition) is 4. The number of aromatic nitrogens is 2. The molecule has 0 radical (unpaired) electrons. The molecule has 0 aliphatic heterocycles. The number of nitrogens with one attached hydrogen (secondary N) is 1. The summed E-state index contributed by atoms with van der Waals surface area (Å²) in [6.45, 7) is 6.39. The molecule has 0 aromatic carbocycles. The number of carbonyl (C=O) groups is 1. The Balaban J connectivity index is 2.39. The van der Waals surface area contributed by atoms with E-state index in [1.165, 1.54) is 12.4 Å². The molecular weight excluding hydrogens is 218 g/mol. The van der Waals surface area contributed by atoms with E-state index in [9.17, 15) is 9.90 Å². The fourth-order valence-corrected chi connectivity index (χ4v) is 1.52. The summed E-state index contributed by atoms with van der Waals surface area (Å²) < 4.78 is 0. The third-order valence-corrected chi connectivity index (χ3v) is 2.19. The first-order valence-electron chi connectivity index (χ1n) is 5.61. The second kappa shape index (κ2) is 5.72. The van der Waals surface area contributed by atoms with Crippen molar-refractivity contribution in [3.63, 3.8) is 0 Å². The van der Waals surface area contributed by atoms with Gasteiger partial charge in [-0.25, -0.2) is 0 Å². The average molecular weight is 237 g/mol. The van der Waals surface area contributed by atoms with Crippen LogP contribution in [0, 0.1) is 5.41 Å². The summed E-state index contributed by atoms with van der Waals surface area (Å²) in [5.74, 6) is -0.243. The minimum Gasteiger partial charge on any atom is -0.391 e. The van der Waals surface area contributed by atoms with Crippen LogP contribution < -0.4 is 5.32 Å². The standard InChI is InChI=1S/C12H19N3O2/c1-12(2,3)6-10(16)8-13-11(17)9-4-5-14-15-7-9/h4-5,7,10,16H,6,8H2,1-3H3,(H,13,17). The molecular formula is C12H19N3O2. The largest absolute Gasteiger partial charge is 0.391 e. The van der Waals surface area contributed by atoms with Crippen molar-refractivity contribution in [1.82, 2.24) is 15.5 Å². The van der Waals surface area contributed by atoms with Crippen LogP contribution in [-0.2, 0) is 0 Å². The number of carbonyl (C=O) groups excluding carboxylic acids is 1. The third-order valence-electron chi connectivity index (χ3n) is 2.19. The Morgan fingerprint density at radius 1 is 1.47 bits per heavy atom. The van der Waals surface area contributed by atoms with Crippen molar-refractivity contribution in [2.24, 2.45) is 5.41 Å². The second-order valence-electron chi connectivity index (χ2n) is 5.26. The Morgan fingerprint density at radius 3 is 2.71 bits per heavy atom. The van der Waals surface area contributed by atoms with Crippen LogP contribution in [-0.4, -0.2) is 33.9 Å². The van der Waals surface area contributed by atoms with Gasteiger partial charge in [-0.3, -0.25) is 4.79 Å². The Kier molecular flexibility index (Phi) is 4.57. The molecule has 1 aromatic heterocycles. The van der Waals surface area contributed by atoms with Crippen molar-refractivity contribution < 1.29 is 9.90 Å². The van der Waals surface area contributed by atoms with E-state index in [1.54, 1.807) is 6.07 Å². The predicted octanol–water partition coefficient (Wildman–Crippen LogP) is 1.00. The lowest BCUT2D eigenvalue weighted by molar-refractivity contribution is 0.0868. The van der Waals surface area contributed by atoms with E-state index in [2.05, 4.69) is 15.5 Å². The van der Waals surface area contributed by atoms with Crippen LogP contribution in [0.3, 0.4) is 0 Å². The van der Waals surface area contributed by atoms with E-state index >= 15 is 0 Å². The minimum absolute atomic E-state index is 0.0440. The zero-order chi connectivity index (χ0) is 12.9. The summed E-state index contributed by atoms with van der Waals surface area (Å²) in [5.41, 5.74) is 0.491. The van der Waals surface area contributed by atoms with E-state index in [0.29, 0.717) is 12.0 Å². The van der Waals surface area contributed by atoms with Crippen LogP contribution in [0.15, 0.2) is 18.5 Å². The molecule has 1 heterocycles. The highest BCUT2D eigenvalue weighted by molar-refractivity contribution is 5.93. The topological polar surface area (TPSA) is 75.1 Å². The number of amides is 1. The van der Waals surface area contributed by atoms with E-state index in [1.807, 2.05) is 20.8 Å². The van der Waals surface area contributed by atoms with Gasteiger partial charge in [-0.05, 0) is 17.9 Å². The maximum atomic E-state index is 11.6. The lowest BCUT2D eigenvalue weighted by atomic mass is 9.89. The summed E-state index contributed by atoms with van der Waals surface area (Å²) in [6, 6.07) is 1.58. The molecule has 5 heteroatoms. The average Bonchev–Trinajstić information content (AvgIpc) is 2.25. The summed E-state index contributed by atoms with van der Waals surface area (Å²) in [5, 5.41) is 19.6. The van der Waals surface area contributed by atoms with E-state index in [4.69, 9.17) is 0 Å². The normalized spacial score (nSPS) is 13.2. The van der Waals surface area contributed by atoms with E-state index in [-0.39, 0.29) is 17.9 Å². The number of nitrogens with zero attached hydrogens (tertiary/aromatic N) is 2. The van der Waals surface area contributed by atoms with Gasteiger partial charge in [0.05, 0.1) is 24.1 Å². The monoisotopic (exact) mass is 237 g/mol. The van der Waals surface area contributed by atoms with Gasteiger partial charge in [-0.2, -0.15) is 10.2 Å². The maximum absolute atomic E-state index is 11.6. The molecule has 17 heavy (non-hydrogen) atoms. The molecule has 0 aliphatic rings. The number of aliphatic hydroxyl groups excluding tert-OH is 1. The highest BCUT2D eigenvalue weighted by atomic mass is 16.3. The SMILES string of the molecule is CC(C)(C)CC(O)CNC(=O)c1ccnnc1. The van der Waals surface area contributed by atoms with Gasteiger partial charge >= 0.3 is 0 Å². The molecule has 1 atom stereocenters. The number of rotatable bonds is 4. The highest BCUT2D eigenvalue weighted by Crippen LogP contribution is 2.20. The number of aliphatic hydroxyl groups is 1. The summed E-state index contributed by atoms with van der Waals surface area (Å²) in [6.07, 6.45) is 2.96. The Morgan fingerprint density at radius 2 is 2.18 bits per heavy atom. The van der Waals surface area contributed by atoms with Gasteiger partial charge in [0, 0.05) is 6.54 Å². The molecule has 0 fully saturated rings. The van der Waals surface area contributed by atoms with E-state index in [0.717, 1.165) is 0 Å². The Labute approximate surface area is 101 Å². The third kappa shape index (κ3) is 5.40. The van der Waals surface area contributed by atoms with Gasteiger partial charge in [0.2, 0.25) is 0 Å². The molecule has 0 saturated heterocycles. The maximum Gasteiger partial charge on any atom is 0.253 e. The van der Waals surface area contributed by atoms with Crippen molar-refractivity contribution in [3.05, 3.63) is 24.0 Å². The molecule has 0 aliphatic carbocycles. The van der Waals surface area contributed by atoms with Crippen molar-refractivity contribution in [1.29, 1.82) is 0 Å². The van der Waals surface area contributed by atoms with Crippen LogP contribution in [0.1, 0.15) is 37.6 Å². The van der Waals surface area contributed by atoms with Crippen LogP contribution >= 0.6 is 0 Å². The van der Waals surface area contributed by atoms with Crippen molar-refractivity contribution in [3.8, 4) is 0 Å². The molecule has 1 amide bonds. The first-order valence-corrected chi connectivity index (χ1v) is 5.61. The lowest BCUT2D eigenvalue weighted by Crippen LogP contribution is -2.34. The molecule has 1 aromatic rings. The highest BCUT2D eigenvalue weighted by Gasteiger charge is 2.17. The van der Waals surface area contributed by atoms with Crippen molar-refractivity contribution >= 4 is 5.91 Å². The van der Waals surface area contributed by atoms with Gasteiger partial charge in [-0.1, -0.05) is 20.8 Å². The van der Waals surface area contributed by atoms with Crippen molar-refractivity contribution in [2.75, 3.05) is 6.54 Å². The minimum atomic E-state index is -0.534. The quantitative estimate of drug-likeness (QED) is 0.819. The van der Waals surface area contributed by atoms with Crippen LogP contribution in [0.2, 0.25) is 0 Å². The summed E-state index contributed by atoms with van der Waals surface area (Å²) in [4.78, 5) is 11.6. The van der Waals surface area contributed by atoms with Crippen molar-refractivity contribution in [2.45, 2.75) is 33.3 Å². The lowest BCUT2D eigenvalue weighted by Gasteiger charge is -2.22. The zero-order valence-corrected chi connectivity index (χ0v) is 10.5. The number of hydrogen-bond donors (Lipinski definition) is 2. The van der Waals surface area contributed by atoms with Crippen LogP contribution in [0.25, 0.3) is 0 Å². The van der Waals surface area contributed by atoms with Crippen LogP contribution in [0.5, 0.6) is 0 Å². The Hall–Kier alpha value is -1.49. The molecule has 0 bridgehead atoms. The van der Waals surface area contributed by atoms with Gasteiger partial charge in [0.15, 0.2) is 0 Å². The fraction of sp³-hybridized carbons (Fsp3) is 0.583. The van der Waals surface area contributed by atoms with Gasteiger partial charge in [0.25, 0.3) is 5.91 Å². The predicted molar refractivity (Wildman–Crippen MR) is 64.4 cm³/mol. The molecule has 2 N–H and O–H groups in total. The molecule has 1 rings (SSSR count). The smallest absolute Gasteiger partial charge is 0.253 e. The molecule has 1 unspecified atom stereocenters. The summed E-state index contributed by atoms with van der Waals surface area (Å²) >= 11 is 0. The molecule has 0 saturated carbocycles. The Bertz CT molecular complexity index is 360. The van der Waals surface area contributed by atoms with Gasteiger partial charge in [-0.15, -0.1) is 0 Å². The molecule has 0 spiro atoms. The summed E-state index contributed by atoms with van der Waals surface area (Å²) in [7, 11) is 0. The van der Waals surface area contributed by atoms with Crippen LogP contribution in [0.4, 0.5) is 0 Å².